The lowest BCUT2D eigenvalue weighted by atomic mass is 10.0. The van der Waals surface area contributed by atoms with Gasteiger partial charge in [-0.15, -0.1) is 11.3 Å². The van der Waals surface area contributed by atoms with E-state index in [0.29, 0.717) is 35.1 Å². The number of phenolic OH excluding ortho intramolecular Hbond substituents is 1. The fraction of sp³-hybridized carbons (Fsp3) is 0.306. The number of carbonyl (C=O) groups excluding carboxylic acids is 3. The minimum absolute atomic E-state index is 0.0545. The summed E-state index contributed by atoms with van der Waals surface area (Å²) < 4.78 is 5.74. The van der Waals surface area contributed by atoms with Crippen molar-refractivity contribution in [2.75, 3.05) is 44.6 Å². The number of hydrogen-bond donors (Lipinski definition) is 4. The first-order chi connectivity index (χ1) is 22.9. The lowest BCUT2D eigenvalue weighted by Gasteiger charge is -2.31. The first kappa shape index (κ1) is 33.8. The number of hydrogen-bond acceptors (Lipinski definition) is 9. The second-order valence-corrected chi connectivity index (χ2v) is 12.4. The number of carbonyl (C=O) groups is 3. The quantitative estimate of drug-likeness (QED) is 0.0767. The van der Waals surface area contributed by atoms with E-state index in [1.165, 1.54) is 16.3 Å². The van der Waals surface area contributed by atoms with Gasteiger partial charge in [0.1, 0.15) is 11.9 Å². The van der Waals surface area contributed by atoms with Crippen LogP contribution in [0.15, 0.2) is 91.0 Å². The van der Waals surface area contributed by atoms with E-state index >= 15 is 0 Å². The second-order valence-electron chi connectivity index (χ2n) is 11.3. The van der Waals surface area contributed by atoms with Gasteiger partial charge in [-0.05, 0) is 61.2 Å². The van der Waals surface area contributed by atoms with Crippen molar-refractivity contribution >= 4 is 34.8 Å². The molecule has 11 heteroatoms. The number of phenols is 1. The average Bonchev–Trinajstić information content (AvgIpc) is 3.60. The Labute approximate surface area is 279 Å². The largest absolute Gasteiger partial charge is 0.508 e. The van der Waals surface area contributed by atoms with Crippen LogP contribution in [-0.4, -0.2) is 78.2 Å². The third-order valence-corrected chi connectivity index (χ3v) is 9.12. The topological polar surface area (TPSA) is 123 Å². The molecule has 1 aromatic heterocycles. The molecule has 0 atom stereocenters. The molecule has 1 aliphatic heterocycles. The van der Waals surface area contributed by atoms with Crippen molar-refractivity contribution in [2.45, 2.75) is 32.4 Å². The molecule has 1 fully saturated rings. The molecule has 0 spiro atoms. The van der Waals surface area contributed by atoms with Gasteiger partial charge >= 0.3 is 6.09 Å². The van der Waals surface area contributed by atoms with Crippen molar-refractivity contribution in [3.05, 3.63) is 106 Å². The van der Waals surface area contributed by atoms with Crippen molar-refractivity contribution in [3.8, 4) is 16.9 Å². The smallest absolute Gasteiger partial charge is 0.411 e. The van der Waals surface area contributed by atoms with Gasteiger partial charge < -0.3 is 20.1 Å². The van der Waals surface area contributed by atoms with Crippen LogP contribution in [-0.2, 0) is 11.3 Å². The molecule has 2 heterocycles. The highest BCUT2D eigenvalue weighted by atomic mass is 32.1. The number of anilines is 1. The van der Waals surface area contributed by atoms with Crippen LogP contribution in [0.2, 0.25) is 0 Å². The molecule has 0 saturated carbocycles. The van der Waals surface area contributed by atoms with E-state index in [4.69, 9.17) is 4.74 Å². The minimum Gasteiger partial charge on any atom is -0.508 e. The Bertz CT molecular complexity index is 1620. The van der Waals surface area contributed by atoms with Crippen molar-refractivity contribution in [1.82, 2.24) is 20.7 Å². The van der Waals surface area contributed by atoms with Crippen LogP contribution in [0.3, 0.4) is 0 Å². The average molecular weight is 656 g/mol. The number of para-hydroxylation sites is 1. The number of Topliss-reactive ketones (excluding diaryl/α,β-unsaturated/α-hetero) is 1. The first-order valence-electron chi connectivity index (χ1n) is 15.9. The highest BCUT2D eigenvalue weighted by Crippen LogP contribution is 2.28. The van der Waals surface area contributed by atoms with Gasteiger partial charge in [-0.1, -0.05) is 60.7 Å². The van der Waals surface area contributed by atoms with E-state index in [-0.39, 0.29) is 30.1 Å². The van der Waals surface area contributed by atoms with Crippen LogP contribution in [0.4, 0.5) is 10.5 Å². The molecule has 0 bridgehead atoms. The Balaban J connectivity index is 0.987. The third-order valence-electron chi connectivity index (χ3n) is 8.01. The van der Waals surface area contributed by atoms with Crippen molar-refractivity contribution in [1.29, 1.82) is 0 Å². The minimum atomic E-state index is -0.446. The molecular weight excluding hydrogens is 614 g/mol. The van der Waals surface area contributed by atoms with Gasteiger partial charge in [0, 0.05) is 44.8 Å². The van der Waals surface area contributed by atoms with Crippen molar-refractivity contribution in [2.24, 2.45) is 0 Å². The van der Waals surface area contributed by atoms with E-state index in [9.17, 15) is 19.5 Å². The fourth-order valence-electron chi connectivity index (χ4n) is 5.39. The number of ether oxygens (including phenoxy) is 1. The lowest BCUT2D eigenvalue weighted by molar-refractivity contribution is 0.0592. The summed E-state index contributed by atoms with van der Waals surface area (Å²) in [6.45, 7) is 6.00. The van der Waals surface area contributed by atoms with Crippen molar-refractivity contribution in [3.63, 3.8) is 0 Å². The molecule has 246 valence electrons. The number of benzene rings is 3. The molecule has 4 N–H and O–H groups in total. The van der Waals surface area contributed by atoms with Crippen LogP contribution in [0.25, 0.3) is 11.1 Å². The summed E-state index contributed by atoms with van der Waals surface area (Å²) in [5, 5.41) is 17.1. The molecule has 10 nitrogen and oxygen atoms in total. The van der Waals surface area contributed by atoms with Gasteiger partial charge in [-0.3, -0.25) is 19.9 Å². The number of rotatable bonds is 14. The second kappa shape index (κ2) is 16.8. The number of hydrazine groups is 1. The maximum absolute atomic E-state index is 13.0. The summed E-state index contributed by atoms with van der Waals surface area (Å²) >= 11 is 1.20. The summed E-state index contributed by atoms with van der Waals surface area (Å²) in [7, 11) is 0. The van der Waals surface area contributed by atoms with E-state index in [1.54, 1.807) is 36.4 Å². The Morgan fingerprint density at radius 1 is 0.915 bits per heavy atom. The summed E-state index contributed by atoms with van der Waals surface area (Å²) in [5.74, 6) is -0.0518. The zero-order valence-electron chi connectivity index (χ0n) is 26.5. The summed E-state index contributed by atoms with van der Waals surface area (Å²) in [6.07, 6.45) is 0.902. The van der Waals surface area contributed by atoms with E-state index in [1.807, 2.05) is 61.5 Å². The summed E-state index contributed by atoms with van der Waals surface area (Å²) in [6, 6.07) is 27.8. The number of nitrogens with zero attached hydrogens (tertiary/aromatic N) is 2. The Kier molecular flexibility index (Phi) is 12.1. The molecule has 1 aliphatic rings. The normalized spacial score (nSPS) is 13.6. The number of ketones is 1. The van der Waals surface area contributed by atoms with Gasteiger partial charge in [-0.2, -0.15) is 0 Å². The van der Waals surface area contributed by atoms with Crippen LogP contribution < -0.4 is 16.1 Å². The van der Waals surface area contributed by atoms with Gasteiger partial charge in [0.25, 0.3) is 5.91 Å². The highest BCUT2D eigenvalue weighted by molar-refractivity contribution is 7.16. The number of likely N-dealkylation sites (tertiary alicyclic amines) is 1. The molecular formula is C36H41N5O5S. The molecule has 4 aromatic rings. The monoisotopic (exact) mass is 655 g/mol. The van der Waals surface area contributed by atoms with Crippen LogP contribution in [0.5, 0.6) is 5.75 Å². The first-order valence-corrected chi connectivity index (χ1v) is 16.7. The Hall–Kier alpha value is -4.55. The molecule has 5 rings (SSSR count). The van der Waals surface area contributed by atoms with Gasteiger partial charge in [-0.25, -0.2) is 10.2 Å². The predicted octanol–water partition coefficient (Wildman–Crippen LogP) is 5.77. The number of piperidine rings is 1. The number of thiophene rings is 1. The van der Waals surface area contributed by atoms with Gasteiger partial charge in [0.05, 0.1) is 22.0 Å². The molecule has 3 aromatic carbocycles. The van der Waals surface area contributed by atoms with Crippen LogP contribution in [0.1, 0.15) is 44.7 Å². The lowest BCUT2D eigenvalue weighted by Crippen LogP contribution is -2.42. The van der Waals surface area contributed by atoms with Gasteiger partial charge in [0.15, 0.2) is 5.78 Å². The standard InChI is InChI=1S/C36H41N5O5S/c1-2-41(38-24-26-12-14-28(42)15-13-26)35(44)34-17-16-33(47-34)32(43)25-37-20-23-40-21-18-29(19-22-40)46-36(45)39-31-11-7-6-10-30(31)27-8-4-3-5-9-27/h3-17,29,37-38,42H,2,18-25H2,1H3,(H,39,45). The van der Waals surface area contributed by atoms with Gasteiger partial charge in [0.2, 0.25) is 0 Å². The molecule has 47 heavy (non-hydrogen) atoms. The molecule has 0 unspecified atom stereocenters. The Morgan fingerprint density at radius 2 is 1.62 bits per heavy atom. The zero-order valence-corrected chi connectivity index (χ0v) is 27.3. The maximum atomic E-state index is 13.0. The molecule has 0 aliphatic carbocycles. The number of aromatic hydroxyl groups is 1. The molecule has 1 saturated heterocycles. The zero-order chi connectivity index (χ0) is 33.0. The summed E-state index contributed by atoms with van der Waals surface area (Å²) in [5.41, 5.74) is 6.74. The van der Waals surface area contributed by atoms with Crippen LogP contribution in [0, 0.1) is 0 Å². The molecule has 2 amide bonds. The summed E-state index contributed by atoms with van der Waals surface area (Å²) in [4.78, 5) is 41.9. The number of amides is 2. The highest BCUT2D eigenvalue weighted by Gasteiger charge is 2.23. The Morgan fingerprint density at radius 3 is 2.36 bits per heavy atom. The predicted molar refractivity (Wildman–Crippen MR) is 185 cm³/mol. The third kappa shape index (κ3) is 9.72. The molecule has 0 radical (unpaired) electrons. The van der Waals surface area contributed by atoms with E-state index in [2.05, 4.69) is 21.0 Å². The van der Waals surface area contributed by atoms with Crippen LogP contribution >= 0.6 is 11.3 Å². The van der Waals surface area contributed by atoms with E-state index < -0.39 is 6.09 Å². The SMILES string of the molecule is CCN(NCc1ccc(O)cc1)C(=O)c1ccc(C(=O)CNCCN2CCC(OC(=O)Nc3ccccc3-c3ccccc3)CC2)s1. The maximum Gasteiger partial charge on any atom is 0.411 e. The fourth-order valence-corrected chi connectivity index (χ4v) is 6.29. The van der Waals surface area contributed by atoms with Crippen molar-refractivity contribution < 1.29 is 24.2 Å². The number of nitrogens with one attached hydrogen (secondary N) is 3. The van der Waals surface area contributed by atoms with E-state index in [0.717, 1.165) is 49.2 Å².